The van der Waals surface area contributed by atoms with Gasteiger partial charge in [-0.15, -0.1) is 0 Å². The molecule has 1 saturated heterocycles. The van der Waals surface area contributed by atoms with Gasteiger partial charge in [-0.1, -0.05) is 54.6 Å². The topological polar surface area (TPSA) is 82.3 Å². The van der Waals surface area contributed by atoms with Crippen LogP contribution in [0.2, 0.25) is 0 Å². The third-order valence-corrected chi connectivity index (χ3v) is 5.33. The summed E-state index contributed by atoms with van der Waals surface area (Å²) in [5.74, 6) is -0.262. The summed E-state index contributed by atoms with van der Waals surface area (Å²) < 4.78 is 0. The van der Waals surface area contributed by atoms with Crippen LogP contribution in [-0.2, 0) is 17.9 Å². The SMILES string of the molecule is O=C(NCc1ccccc1CN1CCCC1=O)c1ccc(-c2ccccc2)[nH]c1=O. The van der Waals surface area contributed by atoms with Crippen LogP contribution in [0.4, 0.5) is 0 Å². The summed E-state index contributed by atoms with van der Waals surface area (Å²) in [5.41, 5.74) is 3.13. The zero-order valence-electron chi connectivity index (χ0n) is 16.6. The van der Waals surface area contributed by atoms with Crippen molar-refractivity contribution in [3.63, 3.8) is 0 Å². The molecule has 0 unspecified atom stereocenters. The van der Waals surface area contributed by atoms with Crippen LogP contribution in [0.5, 0.6) is 0 Å². The normalized spacial score (nSPS) is 13.5. The number of nitrogens with zero attached hydrogens (tertiary/aromatic N) is 1. The van der Waals surface area contributed by atoms with Gasteiger partial charge in [0, 0.05) is 31.7 Å². The number of nitrogens with one attached hydrogen (secondary N) is 2. The van der Waals surface area contributed by atoms with Crippen LogP contribution in [0.3, 0.4) is 0 Å². The lowest BCUT2D eigenvalue weighted by atomic mass is 10.1. The summed E-state index contributed by atoms with van der Waals surface area (Å²) in [5, 5.41) is 2.83. The average Bonchev–Trinajstić information content (AvgIpc) is 3.18. The lowest BCUT2D eigenvalue weighted by molar-refractivity contribution is -0.128. The van der Waals surface area contributed by atoms with E-state index in [9.17, 15) is 14.4 Å². The Balaban J connectivity index is 1.45. The maximum Gasteiger partial charge on any atom is 0.261 e. The van der Waals surface area contributed by atoms with Gasteiger partial charge in [0.1, 0.15) is 5.56 Å². The fourth-order valence-electron chi connectivity index (χ4n) is 3.67. The first-order valence-electron chi connectivity index (χ1n) is 10.0. The standard InChI is InChI=1S/C24H23N3O3/c28-22-11-6-14-27(22)16-19-10-5-4-9-18(19)15-25-23(29)20-12-13-21(26-24(20)30)17-7-2-1-3-8-17/h1-5,7-10,12-13H,6,11,14-16H2,(H,25,29)(H,26,30). The summed E-state index contributed by atoms with van der Waals surface area (Å²) in [6.07, 6.45) is 1.49. The fraction of sp³-hybridized carbons (Fsp3) is 0.208. The highest BCUT2D eigenvalue weighted by molar-refractivity contribution is 5.94. The molecule has 4 rings (SSSR count). The molecule has 2 heterocycles. The molecule has 6 nitrogen and oxygen atoms in total. The lowest BCUT2D eigenvalue weighted by Gasteiger charge is -2.18. The molecule has 1 aliphatic heterocycles. The van der Waals surface area contributed by atoms with Gasteiger partial charge in [0.25, 0.3) is 11.5 Å². The summed E-state index contributed by atoms with van der Waals surface area (Å²) >= 11 is 0. The van der Waals surface area contributed by atoms with E-state index in [-0.39, 0.29) is 18.0 Å². The van der Waals surface area contributed by atoms with Crippen molar-refractivity contribution in [2.75, 3.05) is 6.54 Å². The van der Waals surface area contributed by atoms with E-state index in [1.165, 1.54) is 0 Å². The summed E-state index contributed by atoms with van der Waals surface area (Å²) in [7, 11) is 0. The van der Waals surface area contributed by atoms with Crippen molar-refractivity contribution >= 4 is 11.8 Å². The lowest BCUT2D eigenvalue weighted by Crippen LogP contribution is -2.30. The molecule has 30 heavy (non-hydrogen) atoms. The van der Waals surface area contributed by atoms with Crippen LogP contribution >= 0.6 is 0 Å². The zero-order valence-corrected chi connectivity index (χ0v) is 16.6. The molecular weight excluding hydrogens is 378 g/mol. The van der Waals surface area contributed by atoms with Gasteiger partial charge in [0.05, 0.1) is 0 Å². The number of benzene rings is 2. The molecule has 1 aromatic heterocycles. The fourth-order valence-corrected chi connectivity index (χ4v) is 3.67. The Bertz CT molecular complexity index is 1120. The van der Waals surface area contributed by atoms with E-state index >= 15 is 0 Å². The number of hydrogen-bond acceptors (Lipinski definition) is 3. The van der Waals surface area contributed by atoms with E-state index in [0.717, 1.165) is 29.7 Å². The number of hydrogen-bond donors (Lipinski definition) is 2. The number of rotatable bonds is 6. The highest BCUT2D eigenvalue weighted by Crippen LogP contribution is 2.18. The van der Waals surface area contributed by atoms with Crippen LogP contribution in [-0.4, -0.2) is 28.2 Å². The maximum atomic E-state index is 12.6. The van der Waals surface area contributed by atoms with Gasteiger partial charge in [-0.2, -0.15) is 0 Å². The predicted molar refractivity (Wildman–Crippen MR) is 115 cm³/mol. The first kappa shape index (κ1) is 19.6. The number of amides is 2. The third-order valence-electron chi connectivity index (χ3n) is 5.33. The molecule has 2 N–H and O–H groups in total. The smallest absolute Gasteiger partial charge is 0.261 e. The number of aromatic amines is 1. The largest absolute Gasteiger partial charge is 0.348 e. The molecule has 0 spiro atoms. The van der Waals surface area contributed by atoms with E-state index in [4.69, 9.17) is 0 Å². The van der Waals surface area contributed by atoms with E-state index in [1.54, 1.807) is 12.1 Å². The molecule has 1 aliphatic rings. The third kappa shape index (κ3) is 4.33. The highest BCUT2D eigenvalue weighted by Gasteiger charge is 2.21. The molecule has 152 valence electrons. The Morgan fingerprint density at radius 3 is 2.37 bits per heavy atom. The number of H-pyrrole nitrogens is 1. The van der Waals surface area contributed by atoms with Gasteiger partial charge in [-0.05, 0) is 35.2 Å². The molecule has 0 atom stereocenters. The molecule has 0 bridgehead atoms. The van der Waals surface area contributed by atoms with Gasteiger partial charge in [0.2, 0.25) is 5.91 Å². The molecule has 3 aromatic rings. The van der Waals surface area contributed by atoms with Gasteiger partial charge >= 0.3 is 0 Å². The van der Waals surface area contributed by atoms with Crippen molar-refractivity contribution in [2.45, 2.75) is 25.9 Å². The number of carbonyl (C=O) groups excluding carboxylic acids is 2. The Kier molecular flexibility index (Phi) is 5.75. The molecule has 0 saturated carbocycles. The maximum absolute atomic E-state index is 12.6. The van der Waals surface area contributed by atoms with Crippen LogP contribution in [0.25, 0.3) is 11.3 Å². The molecule has 0 radical (unpaired) electrons. The summed E-state index contributed by atoms with van der Waals surface area (Å²) in [4.78, 5) is 41.6. The molecule has 1 fully saturated rings. The average molecular weight is 401 g/mol. The van der Waals surface area contributed by atoms with Gasteiger partial charge in [-0.3, -0.25) is 14.4 Å². The van der Waals surface area contributed by atoms with E-state index in [2.05, 4.69) is 10.3 Å². The molecule has 2 amide bonds. The summed E-state index contributed by atoms with van der Waals surface area (Å²) in [6, 6.07) is 20.5. The van der Waals surface area contributed by atoms with Crippen molar-refractivity contribution in [1.29, 1.82) is 0 Å². The Morgan fingerprint density at radius 2 is 1.67 bits per heavy atom. The van der Waals surface area contributed by atoms with E-state index < -0.39 is 11.5 Å². The van der Waals surface area contributed by atoms with Gasteiger partial charge in [-0.25, -0.2) is 0 Å². The van der Waals surface area contributed by atoms with Gasteiger partial charge in [0.15, 0.2) is 0 Å². The van der Waals surface area contributed by atoms with Crippen molar-refractivity contribution in [3.05, 3.63) is 93.8 Å². The molecule has 0 aliphatic carbocycles. The predicted octanol–water partition coefficient (Wildman–Crippen LogP) is 3.09. The minimum Gasteiger partial charge on any atom is -0.348 e. The van der Waals surface area contributed by atoms with E-state index in [1.807, 2.05) is 59.5 Å². The molecule has 2 aromatic carbocycles. The molecule has 6 heteroatoms. The van der Waals surface area contributed by atoms with E-state index in [0.29, 0.717) is 18.7 Å². The van der Waals surface area contributed by atoms with Crippen LogP contribution < -0.4 is 10.9 Å². The number of likely N-dealkylation sites (tertiary alicyclic amines) is 1. The number of aromatic nitrogens is 1. The second kappa shape index (κ2) is 8.78. The Hall–Kier alpha value is -3.67. The Labute approximate surface area is 174 Å². The minimum atomic E-state index is -0.428. The van der Waals surface area contributed by atoms with Crippen molar-refractivity contribution in [2.24, 2.45) is 0 Å². The first-order chi connectivity index (χ1) is 14.6. The first-order valence-corrected chi connectivity index (χ1v) is 10.0. The van der Waals surface area contributed by atoms with Gasteiger partial charge < -0.3 is 15.2 Å². The molecular formula is C24H23N3O3. The second-order valence-electron chi connectivity index (χ2n) is 7.35. The summed E-state index contributed by atoms with van der Waals surface area (Å²) in [6.45, 7) is 1.59. The minimum absolute atomic E-state index is 0.0712. The zero-order chi connectivity index (χ0) is 20.9. The quantitative estimate of drug-likeness (QED) is 0.666. The van der Waals surface area contributed by atoms with Crippen LogP contribution in [0.15, 0.2) is 71.5 Å². The van der Waals surface area contributed by atoms with Crippen molar-refractivity contribution in [3.8, 4) is 11.3 Å². The van der Waals surface area contributed by atoms with Crippen molar-refractivity contribution < 1.29 is 9.59 Å². The number of carbonyl (C=O) groups is 2. The second-order valence-corrected chi connectivity index (χ2v) is 7.35. The van der Waals surface area contributed by atoms with Crippen LogP contribution in [0, 0.1) is 0 Å². The van der Waals surface area contributed by atoms with Crippen LogP contribution in [0.1, 0.15) is 34.3 Å². The number of pyridine rings is 1. The highest BCUT2D eigenvalue weighted by atomic mass is 16.2. The van der Waals surface area contributed by atoms with Crippen molar-refractivity contribution in [1.82, 2.24) is 15.2 Å². The Morgan fingerprint density at radius 1 is 0.933 bits per heavy atom. The monoisotopic (exact) mass is 401 g/mol.